The number of nitrogens with zero attached hydrogens (tertiary/aromatic N) is 3. The molecule has 0 radical (unpaired) electrons. The highest BCUT2D eigenvalue weighted by molar-refractivity contribution is 6.35. The van der Waals surface area contributed by atoms with Gasteiger partial charge in [0.25, 0.3) is 0 Å². The summed E-state index contributed by atoms with van der Waals surface area (Å²) in [6.45, 7) is 0.282. The number of hydrogen-bond donors (Lipinski definition) is 1. The van der Waals surface area contributed by atoms with Crippen molar-refractivity contribution in [1.29, 1.82) is 0 Å². The highest BCUT2D eigenvalue weighted by atomic mass is 35.5. The monoisotopic (exact) mass is 415 g/mol. The van der Waals surface area contributed by atoms with Crippen molar-refractivity contribution in [2.45, 2.75) is 31.6 Å². The molecule has 2 atom stereocenters. The van der Waals surface area contributed by atoms with Gasteiger partial charge in [-0.3, -0.25) is 0 Å². The van der Waals surface area contributed by atoms with Gasteiger partial charge in [-0.05, 0) is 12.1 Å². The molecule has 26 heavy (non-hydrogen) atoms. The largest absolute Gasteiger partial charge is 0.416 e. The van der Waals surface area contributed by atoms with Gasteiger partial charge in [-0.1, -0.05) is 36.2 Å². The zero-order valence-corrected chi connectivity index (χ0v) is 14.9. The molecule has 144 valence electrons. The molecule has 2 aromatic rings. The van der Waals surface area contributed by atoms with E-state index in [-0.39, 0.29) is 17.1 Å². The second-order valence-electron chi connectivity index (χ2n) is 5.72. The van der Waals surface area contributed by atoms with Gasteiger partial charge in [0.15, 0.2) is 0 Å². The molecule has 0 unspecified atom stereocenters. The van der Waals surface area contributed by atoms with Gasteiger partial charge in [0.1, 0.15) is 18.3 Å². The third-order valence-corrected chi connectivity index (χ3v) is 4.41. The number of ether oxygens (including phenoxy) is 1. The van der Waals surface area contributed by atoms with Crippen LogP contribution in [0.3, 0.4) is 0 Å². The molecule has 1 aromatic heterocycles. The molecule has 5 nitrogen and oxygen atoms in total. The molecular weight excluding hydrogens is 401 g/mol. The number of benzene rings is 1. The number of aliphatic hydroxyl groups is 1. The lowest BCUT2D eigenvalue weighted by Gasteiger charge is -2.35. The minimum Gasteiger partial charge on any atom is -0.383 e. The molecule has 11 heteroatoms. The Hall–Kier alpha value is -1.42. The number of rotatable bonds is 8. The number of hydrogen-bond acceptors (Lipinski definition) is 4. The molecule has 0 saturated carbocycles. The van der Waals surface area contributed by atoms with Crippen molar-refractivity contribution in [1.82, 2.24) is 14.8 Å². The molecule has 0 spiro atoms. The van der Waals surface area contributed by atoms with Gasteiger partial charge in [0.2, 0.25) is 0 Å². The third kappa shape index (κ3) is 4.64. The number of alkyl halides is 4. The Morgan fingerprint density at radius 1 is 1.31 bits per heavy atom. The van der Waals surface area contributed by atoms with Crippen LogP contribution in [-0.2, 0) is 16.9 Å². The molecule has 0 amide bonds. The van der Waals surface area contributed by atoms with Crippen LogP contribution in [0.4, 0.5) is 17.6 Å². The lowest BCUT2D eigenvalue weighted by molar-refractivity contribution is -0.308. The van der Waals surface area contributed by atoms with Gasteiger partial charge in [-0.15, -0.1) is 0 Å². The lowest BCUT2D eigenvalue weighted by atomic mass is 9.82. The lowest BCUT2D eigenvalue weighted by Crippen LogP contribution is -2.43. The van der Waals surface area contributed by atoms with Crippen LogP contribution in [0, 0.1) is 5.92 Å². The molecule has 1 aromatic carbocycles. The van der Waals surface area contributed by atoms with Gasteiger partial charge in [-0.25, -0.2) is 18.4 Å². The van der Waals surface area contributed by atoms with Gasteiger partial charge in [0, 0.05) is 21.5 Å². The van der Waals surface area contributed by atoms with Crippen molar-refractivity contribution in [3.05, 3.63) is 46.5 Å². The molecule has 0 aliphatic rings. The Labute approximate surface area is 156 Å². The van der Waals surface area contributed by atoms with E-state index < -0.39 is 30.7 Å². The first-order chi connectivity index (χ1) is 12.1. The number of halogens is 6. The number of aromatic nitrogens is 3. The van der Waals surface area contributed by atoms with E-state index in [2.05, 4.69) is 14.8 Å². The maximum absolute atomic E-state index is 13.1. The van der Waals surface area contributed by atoms with E-state index in [0.717, 1.165) is 0 Å². The molecule has 0 fully saturated rings. The van der Waals surface area contributed by atoms with Crippen molar-refractivity contribution in [3.63, 3.8) is 0 Å². The van der Waals surface area contributed by atoms with Crippen molar-refractivity contribution in [2.24, 2.45) is 5.92 Å². The Morgan fingerprint density at radius 2 is 2.00 bits per heavy atom. The summed E-state index contributed by atoms with van der Waals surface area (Å²) >= 11 is 12.0. The Morgan fingerprint density at radius 3 is 2.54 bits per heavy atom. The first kappa shape index (κ1) is 20.9. The Bertz CT molecular complexity index is 734. The first-order valence-corrected chi connectivity index (χ1v) is 8.12. The van der Waals surface area contributed by atoms with Crippen LogP contribution < -0.4 is 0 Å². The molecule has 0 saturated heterocycles. The van der Waals surface area contributed by atoms with E-state index in [1.165, 1.54) is 42.5 Å². The third-order valence-electron chi connectivity index (χ3n) is 3.86. The van der Waals surface area contributed by atoms with Crippen molar-refractivity contribution >= 4 is 23.2 Å². The topological polar surface area (TPSA) is 60.2 Å². The van der Waals surface area contributed by atoms with Crippen molar-refractivity contribution in [2.75, 3.05) is 6.61 Å². The van der Waals surface area contributed by atoms with Crippen LogP contribution in [0.15, 0.2) is 30.9 Å². The van der Waals surface area contributed by atoms with Crippen molar-refractivity contribution < 1.29 is 27.4 Å². The predicted molar refractivity (Wildman–Crippen MR) is 86.4 cm³/mol. The van der Waals surface area contributed by atoms with Gasteiger partial charge in [0.05, 0.1) is 13.2 Å². The van der Waals surface area contributed by atoms with E-state index in [1.54, 1.807) is 0 Å². The average Bonchev–Trinajstić information content (AvgIpc) is 3.04. The summed E-state index contributed by atoms with van der Waals surface area (Å²) < 4.78 is 56.1. The maximum atomic E-state index is 13.1. The predicted octanol–water partition coefficient (Wildman–Crippen LogP) is 3.98. The van der Waals surface area contributed by atoms with Crippen molar-refractivity contribution in [3.8, 4) is 0 Å². The van der Waals surface area contributed by atoms with Gasteiger partial charge >= 0.3 is 12.5 Å². The average molecular weight is 416 g/mol. The maximum Gasteiger partial charge on any atom is 0.416 e. The quantitative estimate of drug-likeness (QED) is 0.662. The fourth-order valence-corrected chi connectivity index (χ4v) is 2.92. The van der Waals surface area contributed by atoms with Crippen LogP contribution >= 0.6 is 23.2 Å². The molecule has 2 rings (SSSR count). The minimum atomic E-state index is -4.63. The summed E-state index contributed by atoms with van der Waals surface area (Å²) in [4.78, 5) is 3.74. The molecular formula is C15H15Cl2F4N3O2. The summed E-state index contributed by atoms with van der Waals surface area (Å²) in [6.07, 6.45) is -6.10. The van der Waals surface area contributed by atoms with Crippen LogP contribution in [-0.4, -0.2) is 39.0 Å². The van der Waals surface area contributed by atoms with Crippen LogP contribution in [0.25, 0.3) is 0 Å². The molecule has 0 bridgehead atoms. The smallest absolute Gasteiger partial charge is 0.383 e. The fraction of sp³-hybridized carbons (Fsp3) is 0.467. The zero-order valence-electron chi connectivity index (χ0n) is 13.4. The van der Waals surface area contributed by atoms with Crippen LogP contribution in [0.2, 0.25) is 10.0 Å². The van der Waals surface area contributed by atoms with Gasteiger partial charge in [-0.2, -0.15) is 13.9 Å². The second kappa shape index (κ2) is 8.08. The summed E-state index contributed by atoms with van der Waals surface area (Å²) in [5.74, 6) is -1.06. The summed E-state index contributed by atoms with van der Waals surface area (Å²) in [6, 6.07) is 4.24. The van der Waals surface area contributed by atoms with Crippen LogP contribution in [0.1, 0.15) is 12.5 Å². The van der Waals surface area contributed by atoms with E-state index in [1.807, 2.05) is 0 Å². The SMILES string of the molecule is C[C@H](COC(F)(F)C(F)F)[C@@](O)(Cn1cncn1)c1ccc(Cl)cc1Cl. The van der Waals surface area contributed by atoms with E-state index in [4.69, 9.17) is 23.2 Å². The molecule has 1 N–H and O–H groups in total. The Balaban J connectivity index is 2.33. The summed E-state index contributed by atoms with van der Waals surface area (Å²) in [5.41, 5.74) is -1.70. The second-order valence-corrected chi connectivity index (χ2v) is 6.56. The van der Waals surface area contributed by atoms with E-state index in [0.29, 0.717) is 5.02 Å². The molecule has 1 heterocycles. The molecule has 0 aliphatic heterocycles. The summed E-state index contributed by atoms with van der Waals surface area (Å²) in [7, 11) is 0. The highest BCUT2D eigenvalue weighted by Gasteiger charge is 2.45. The van der Waals surface area contributed by atoms with E-state index in [9.17, 15) is 22.7 Å². The minimum absolute atomic E-state index is 0.0765. The Kier molecular flexibility index (Phi) is 6.49. The van der Waals surface area contributed by atoms with Crippen LogP contribution in [0.5, 0.6) is 0 Å². The van der Waals surface area contributed by atoms with Gasteiger partial charge < -0.3 is 9.84 Å². The highest BCUT2D eigenvalue weighted by Crippen LogP contribution is 2.38. The molecule has 0 aliphatic carbocycles. The first-order valence-electron chi connectivity index (χ1n) is 7.36. The fourth-order valence-electron chi connectivity index (χ4n) is 2.35. The normalized spacial score (nSPS) is 15.9. The zero-order chi connectivity index (χ0) is 19.5. The van der Waals surface area contributed by atoms with E-state index >= 15 is 0 Å². The standard InChI is InChI=1S/C15H15Cl2F4N3O2/c1-9(5-26-15(20,21)13(18)19)14(25,6-24-8-22-7-23-24)11-3-2-10(16)4-12(11)17/h2-4,7-9,13,25H,5-6H2,1H3/t9-,14+/m1/s1. The summed E-state index contributed by atoms with van der Waals surface area (Å²) in [5, 5.41) is 15.4.